The van der Waals surface area contributed by atoms with Crippen LogP contribution in [0.3, 0.4) is 0 Å². The predicted octanol–water partition coefficient (Wildman–Crippen LogP) is 1.95. The molecule has 0 amide bonds. The number of nitrogens with zero attached hydrogens (tertiary/aromatic N) is 1. The van der Waals surface area contributed by atoms with Crippen LogP contribution in [0, 0.1) is 0 Å². The summed E-state index contributed by atoms with van der Waals surface area (Å²) in [4.78, 5) is 2.52. The normalized spacial score (nSPS) is 29.6. The molecule has 0 aromatic rings. The molecule has 2 aliphatic heterocycles. The van der Waals surface area contributed by atoms with Crippen LogP contribution in [-0.4, -0.2) is 60.3 Å². The molecule has 2 aliphatic rings. The molecule has 1 atom stereocenters. The van der Waals surface area contributed by atoms with Crippen molar-refractivity contribution in [3.8, 4) is 0 Å². The van der Waals surface area contributed by atoms with Gasteiger partial charge in [-0.3, -0.25) is 4.90 Å². The smallest absolute Gasteiger partial charge is 0.0702 e. The molecule has 15 heavy (non-hydrogen) atoms. The zero-order chi connectivity index (χ0) is 10.5. The lowest BCUT2D eigenvalue weighted by molar-refractivity contribution is 0.0739. The molecule has 0 spiro atoms. The summed E-state index contributed by atoms with van der Waals surface area (Å²) in [6.07, 6.45) is 3.03. The van der Waals surface area contributed by atoms with E-state index in [1.54, 1.807) is 0 Å². The van der Waals surface area contributed by atoms with E-state index in [-0.39, 0.29) is 0 Å². The number of hydrogen-bond acceptors (Lipinski definition) is 4. The highest BCUT2D eigenvalue weighted by molar-refractivity contribution is 8.03. The molecule has 2 fully saturated rings. The molecule has 0 aromatic carbocycles. The topological polar surface area (TPSA) is 12.5 Å². The molecule has 4 heteroatoms. The van der Waals surface area contributed by atoms with E-state index < -0.39 is 0 Å². The van der Waals surface area contributed by atoms with Crippen molar-refractivity contribution in [2.24, 2.45) is 0 Å². The lowest BCUT2D eigenvalue weighted by Crippen LogP contribution is -2.40. The summed E-state index contributed by atoms with van der Waals surface area (Å²) >= 11 is 4.21. The molecule has 0 N–H and O–H groups in total. The van der Waals surface area contributed by atoms with Gasteiger partial charge in [-0.2, -0.15) is 23.5 Å². The van der Waals surface area contributed by atoms with Crippen molar-refractivity contribution in [1.29, 1.82) is 0 Å². The highest BCUT2D eigenvalue weighted by atomic mass is 32.2. The number of rotatable bonds is 3. The molecule has 2 saturated heterocycles. The van der Waals surface area contributed by atoms with Gasteiger partial charge in [0.05, 0.1) is 6.10 Å². The van der Waals surface area contributed by atoms with Gasteiger partial charge >= 0.3 is 0 Å². The number of likely N-dealkylation sites (N-methyl/N-ethyl adjacent to an activating group) is 1. The molecule has 0 aromatic heterocycles. The maximum absolute atomic E-state index is 5.69. The first-order valence-electron chi connectivity index (χ1n) is 5.83. The van der Waals surface area contributed by atoms with E-state index in [0.717, 1.165) is 19.2 Å². The quantitative estimate of drug-likeness (QED) is 0.755. The van der Waals surface area contributed by atoms with Crippen molar-refractivity contribution in [2.75, 3.05) is 43.2 Å². The predicted molar refractivity (Wildman–Crippen MR) is 70.0 cm³/mol. The lowest BCUT2D eigenvalue weighted by Gasteiger charge is -2.28. The average molecular weight is 247 g/mol. The fourth-order valence-corrected chi connectivity index (χ4v) is 4.83. The summed E-state index contributed by atoms with van der Waals surface area (Å²) in [5.74, 6) is 5.26. The largest absolute Gasteiger partial charge is 0.377 e. The fraction of sp³-hybridized carbons (Fsp3) is 1.00. The second-order valence-corrected chi connectivity index (χ2v) is 6.68. The van der Waals surface area contributed by atoms with Gasteiger partial charge in [0.15, 0.2) is 0 Å². The molecular weight excluding hydrogens is 226 g/mol. The van der Waals surface area contributed by atoms with Crippen LogP contribution in [0.25, 0.3) is 0 Å². The van der Waals surface area contributed by atoms with E-state index in [1.807, 2.05) is 0 Å². The van der Waals surface area contributed by atoms with Crippen LogP contribution < -0.4 is 0 Å². The van der Waals surface area contributed by atoms with Gasteiger partial charge in [0.2, 0.25) is 0 Å². The van der Waals surface area contributed by atoms with Gasteiger partial charge in [0.1, 0.15) is 0 Å². The third kappa shape index (κ3) is 3.84. The van der Waals surface area contributed by atoms with Crippen LogP contribution >= 0.6 is 23.5 Å². The van der Waals surface area contributed by atoms with Gasteiger partial charge in [0, 0.05) is 42.2 Å². The van der Waals surface area contributed by atoms with Gasteiger partial charge in [-0.25, -0.2) is 0 Å². The van der Waals surface area contributed by atoms with E-state index in [2.05, 4.69) is 35.5 Å². The fourth-order valence-electron chi connectivity index (χ4n) is 2.12. The Kier molecular flexibility index (Phi) is 5.14. The third-order valence-electron chi connectivity index (χ3n) is 3.13. The van der Waals surface area contributed by atoms with Crippen LogP contribution in [0.1, 0.15) is 12.8 Å². The van der Waals surface area contributed by atoms with Crippen LogP contribution in [-0.2, 0) is 4.74 Å². The van der Waals surface area contributed by atoms with Crippen molar-refractivity contribution in [3.05, 3.63) is 0 Å². The Labute approximate surface area is 101 Å². The summed E-state index contributed by atoms with van der Waals surface area (Å²) in [6, 6.07) is 0.756. The minimum absolute atomic E-state index is 0.508. The number of hydrogen-bond donors (Lipinski definition) is 0. The zero-order valence-corrected chi connectivity index (χ0v) is 11.1. The molecule has 0 aliphatic carbocycles. The summed E-state index contributed by atoms with van der Waals surface area (Å²) in [6.45, 7) is 2.11. The highest BCUT2D eigenvalue weighted by Gasteiger charge is 2.22. The van der Waals surface area contributed by atoms with E-state index in [1.165, 1.54) is 35.9 Å². The molecular formula is C11H21NOS2. The van der Waals surface area contributed by atoms with Crippen molar-refractivity contribution in [2.45, 2.75) is 25.0 Å². The monoisotopic (exact) mass is 247 g/mol. The lowest BCUT2D eigenvalue weighted by atomic mass is 10.2. The second kappa shape index (κ2) is 6.38. The van der Waals surface area contributed by atoms with Gasteiger partial charge < -0.3 is 4.74 Å². The van der Waals surface area contributed by atoms with E-state index in [4.69, 9.17) is 4.74 Å². The Bertz CT molecular complexity index is 177. The standard InChI is InChI=1S/C11H21NOS2/c1-12(7-11-3-2-4-13-11)10-8-14-5-6-15-9-10/h10-11H,2-9H2,1H3. The zero-order valence-electron chi connectivity index (χ0n) is 9.48. The van der Waals surface area contributed by atoms with Gasteiger partial charge in [-0.05, 0) is 19.9 Å². The minimum Gasteiger partial charge on any atom is -0.377 e. The maximum atomic E-state index is 5.69. The van der Waals surface area contributed by atoms with Crippen LogP contribution in [0.5, 0.6) is 0 Å². The van der Waals surface area contributed by atoms with Crippen molar-refractivity contribution >= 4 is 23.5 Å². The average Bonchev–Trinajstić information content (AvgIpc) is 2.58. The summed E-state index contributed by atoms with van der Waals surface area (Å²) < 4.78 is 5.69. The van der Waals surface area contributed by atoms with E-state index in [9.17, 15) is 0 Å². The Hall–Kier alpha value is 0.620. The molecule has 2 rings (SSSR count). The molecule has 0 saturated carbocycles. The van der Waals surface area contributed by atoms with Gasteiger partial charge in [-0.15, -0.1) is 0 Å². The first-order chi connectivity index (χ1) is 7.36. The molecule has 1 unspecified atom stereocenters. The molecule has 2 heterocycles. The number of ether oxygens (including phenoxy) is 1. The third-order valence-corrected chi connectivity index (χ3v) is 5.62. The molecule has 2 nitrogen and oxygen atoms in total. The maximum Gasteiger partial charge on any atom is 0.0702 e. The highest BCUT2D eigenvalue weighted by Crippen LogP contribution is 2.21. The summed E-state index contributed by atoms with van der Waals surface area (Å²) in [5.41, 5.74) is 0. The first kappa shape index (κ1) is 12.1. The molecule has 88 valence electrons. The van der Waals surface area contributed by atoms with Crippen molar-refractivity contribution in [1.82, 2.24) is 4.90 Å². The second-order valence-electron chi connectivity index (χ2n) is 4.38. The SMILES string of the molecule is CN(CC1CCCO1)C1CSCCSC1. The van der Waals surface area contributed by atoms with Crippen LogP contribution in [0.15, 0.2) is 0 Å². The van der Waals surface area contributed by atoms with Gasteiger partial charge in [0.25, 0.3) is 0 Å². The Balaban J connectivity index is 1.74. The Morgan fingerprint density at radius 3 is 2.60 bits per heavy atom. The van der Waals surface area contributed by atoms with Crippen molar-refractivity contribution < 1.29 is 4.74 Å². The molecule has 0 bridgehead atoms. The Morgan fingerprint density at radius 1 is 1.27 bits per heavy atom. The van der Waals surface area contributed by atoms with E-state index in [0.29, 0.717) is 6.10 Å². The molecule has 0 radical (unpaired) electrons. The number of thioether (sulfide) groups is 2. The van der Waals surface area contributed by atoms with Gasteiger partial charge in [-0.1, -0.05) is 0 Å². The van der Waals surface area contributed by atoms with Crippen LogP contribution in [0.4, 0.5) is 0 Å². The van der Waals surface area contributed by atoms with Crippen molar-refractivity contribution in [3.63, 3.8) is 0 Å². The first-order valence-corrected chi connectivity index (χ1v) is 8.14. The summed E-state index contributed by atoms with van der Waals surface area (Å²) in [7, 11) is 2.26. The Morgan fingerprint density at radius 2 is 2.00 bits per heavy atom. The van der Waals surface area contributed by atoms with Crippen LogP contribution in [0.2, 0.25) is 0 Å². The van der Waals surface area contributed by atoms with E-state index >= 15 is 0 Å². The summed E-state index contributed by atoms with van der Waals surface area (Å²) in [5, 5.41) is 0. The minimum atomic E-state index is 0.508.